The fourth-order valence-electron chi connectivity index (χ4n) is 3.23. The first-order valence-corrected chi connectivity index (χ1v) is 9.89. The highest BCUT2D eigenvalue weighted by atomic mass is 16.5. The third kappa shape index (κ3) is 5.93. The second kappa shape index (κ2) is 10.6. The Bertz CT molecular complexity index is 864. The number of hydrogen-bond acceptors (Lipinski definition) is 6. The summed E-state index contributed by atoms with van der Waals surface area (Å²) < 4.78 is 12.1. The average molecular weight is 415 g/mol. The molecule has 0 saturated carbocycles. The maximum Gasteiger partial charge on any atom is 0.239 e. The largest absolute Gasteiger partial charge is 0.497 e. The van der Waals surface area contributed by atoms with Gasteiger partial charge in [-0.15, -0.1) is 0 Å². The van der Waals surface area contributed by atoms with Crippen LogP contribution in [0.4, 0.5) is 0 Å². The van der Waals surface area contributed by atoms with Crippen LogP contribution in [0.25, 0.3) is 0 Å². The van der Waals surface area contributed by atoms with Crippen molar-refractivity contribution in [3.63, 3.8) is 0 Å². The van der Waals surface area contributed by atoms with Crippen LogP contribution in [0, 0.1) is 0 Å². The number of nitrogens with zero attached hydrogens (tertiary/aromatic N) is 4. The minimum atomic E-state index is -0.111. The van der Waals surface area contributed by atoms with E-state index >= 15 is 0 Å². The molecule has 1 aromatic carbocycles. The number of nitrogens with one attached hydrogen (secondary N) is 3. The molecule has 0 saturated heterocycles. The first-order chi connectivity index (χ1) is 14.6. The third-order valence-corrected chi connectivity index (χ3v) is 4.80. The second-order valence-electron chi connectivity index (χ2n) is 6.99. The molecular formula is C20H29N7O3. The third-order valence-electron chi connectivity index (χ3n) is 4.80. The second-order valence-corrected chi connectivity index (χ2v) is 6.99. The standard InChI is InChI=1S/C20H29N7O3/c1-21-20(23-11-19(28)22-10-14-4-7-16(30-3)8-5-14)24-15-6-9-18-25-17(13-29-2)26-27(18)12-15/h4-5,7-8,15H,6,9-13H2,1-3H3,(H,22,28)(H2,21,23,24). The summed E-state index contributed by atoms with van der Waals surface area (Å²) in [6.07, 6.45) is 1.74. The average Bonchev–Trinajstić information content (AvgIpc) is 3.17. The number of guanidine groups is 1. The molecule has 0 radical (unpaired) electrons. The predicted molar refractivity (Wildman–Crippen MR) is 112 cm³/mol. The summed E-state index contributed by atoms with van der Waals surface area (Å²) in [5.41, 5.74) is 1.00. The fraction of sp³-hybridized carbons (Fsp3) is 0.500. The number of carbonyl (C=O) groups is 1. The van der Waals surface area contributed by atoms with Crippen molar-refractivity contribution in [3.8, 4) is 5.75 Å². The van der Waals surface area contributed by atoms with E-state index in [0.29, 0.717) is 31.5 Å². The Labute approximate surface area is 176 Å². The van der Waals surface area contributed by atoms with Gasteiger partial charge in [0, 0.05) is 33.2 Å². The number of ether oxygens (including phenoxy) is 2. The molecule has 1 unspecified atom stereocenters. The van der Waals surface area contributed by atoms with Crippen molar-refractivity contribution in [2.75, 3.05) is 27.8 Å². The highest BCUT2D eigenvalue weighted by molar-refractivity contribution is 5.86. The maximum atomic E-state index is 12.2. The number of aliphatic imine (C=N–C) groups is 1. The van der Waals surface area contributed by atoms with Crippen LogP contribution in [0.15, 0.2) is 29.3 Å². The van der Waals surface area contributed by atoms with E-state index in [9.17, 15) is 4.79 Å². The van der Waals surface area contributed by atoms with Gasteiger partial charge in [0.1, 0.15) is 18.2 Å². The number of hydrogen-bond donors (Lipinski definition) is 3. The van der Waals surface area contributed by atoms with Gasteiger partial charge in [-0.05, 0) is 24.1 Å². The van der Waals surface area contributed by atoms with Crippen molar-refractivity contribution in [1.82, 2.24) is 30.7 Å². The lowest BCUT2D eigenvalue weighted by atomic mass is 10.1. The van der Waals surface area contributed by atoms with Gasteiger partial charge < -0.3 is 25.4 Å². The summed E-state index contributed by atoms with van der Waals surface area (Å²) in [6, 6.07) is 7.74. The van der Waals surface area contributed by atoms with E-state index < -0.39 is 0 Å². The normalized spacial score (nSPS) is 16.0. The number of carbonyl (C=O) groups excluding carboxylic acids is 1. The van der Waals surface area contributed by atoms with E-state index in [1.807, 2.05) is 28.9 Å². The molecule has 3 rings (SSSR count). The number of aromatic nitrogens is 3. The summed E-state index contributed by atoms with van der Waals surface area (Å²) in [5, 5.41) is 13.8. The van der Waals surface area contributed by atoms with E-state index in [-0.39, 0.29) is 18.5 Å². The molecule has 162 valence electrons. The number of amides is 1. The Morgan fingerprint density at radius 1 is 1.27 bits per heavy atom. The van der Waals surface area contributed by atoms with Gasteiger partial charge in [0.05, 0.1) is 20.2 Å². The van der Waals surface area contributed by atoms with Gasteiger partial charge in [-0.25, -0.2) is 9.67 Å². The van der Waals surface area contributed by atoms with E-state index in [0.717, 1.165) is 30.0 Å². The van der Waals surface area contributed by atoms with Crippen molar-refractivity contribution < 1.29 is 14.3 Å². The topological polar surface area (TPSA) is 115 Å². The number of methoxy groups -OCH3 is 2. The van der Waals surface area contributed by atoms with Crippen molar-refractivity contribution in [3.05, 3.63) is 41.5 Å². The molecule has 2 aromatic rings. The monoisotopic (exact) mass is 415 g/mol. The van der Waals surface area contributed by atoms with Crippen LogP contribution in [0.1, 0.15) is 23.6 Å². The molecule has 2 heterocycles. The van der Waals surface area contributed by atoms with Crippen LogP contribution in [-0.2, 0) is 35.6 Å². The number of aryl methyl sites for hydroxylation is 1. The zero-order chi connectivity index (χ0) is 21.3. The highest BCUT2D eigenvalue weighted by Gasteiger charge is 2.22. The summed E-state index contributed by atoms with van der Waals surface area (Å²) in [6.45, 7) is 1.69. The molecule has 1 aliphatic heterocycles. The van der Waals surface area contributed by atoms with E-state index in [1.165, 1.54) is 0 Å². The first kappa shape index (κ1) is 21.6. The molecule has 3 N–H and O–H groups in total. The number of benzene rings is 1. The molecule has 1 amide bonds. The lowest BCUT2D eigenvalue weighted by Crippen LogP contribution is -2.49. The van der Waals surface area contributed by atoms with Crippen molar-refractivity contribution in [2.24, 2.45) is 4.99 Å². The minimum Gasteiger partial charge on any atom is -0.497 e. The first-order valence-electron chi connectivity index (χ1n) is 9.89. The molecule has 10 heteroatoms. The number of rotatable bonds is 8. The summed E-state index contributed by atoms with van der Waals surface area (Å²) in [5.74, 6) is 2.93. The Morgan fingerprint density at radius 3 is 2.77 bits per heavy atom. The van der Waals surface area contributed by atoms with Crippen LogP contribution in [0.2, 0.25) is 0 Å². The van der Waals surface area contributed by atoms with Gasteiger partial charge in [-0.1, -0.05) is 12.1 Å². The SMILES string of the molecule is CN=C(NCC(=O)NCc1ccc(OC)cc1)NC1CCc2nc(COC)nn2C1. The molecule has 1 atom stereocenters. The van der Waals surface area contributed by atoms with Gasteiger partial charge in [0.25, 0.3) is 0 Å². The molecule has 1 aliphatic rings. The van der Waals surface area contributed by atoms with Crippen molar-refractivity contribution in [1.29, 1.82) is 0 Å². The summed E-state index contributed by atoms with van der Waals surface area (Å²) in [4.78, 5) is 20.9. The molecule has 0 bridgehead atoms. The maximum absolute atomic E-state index is 12.2. The molecular weight excluding hydrogens is 386 g/mol. The zero-order valence-electron chi connectivity index (χ0n) is 17.6. The Hall–Kier alpha value is -3.14. The van der Waals surface area contributed by atoms with Gasteiger partial charge >= 0.3 is 0 Å². The van der Waals surface area contributed by atoms with Crippen LogP contribution < -0.4 is 20.7 Å². The highest BCUT2D eigenvalue weighted by Crippen LogP contribution is 2.13. The van der Waals surface area contributed by atoms with Gasteiger partial charge in [0.2, 0.25) is 5.91 Å². The number of fused-ring (bicyclic) bond motifs is 1. The molecule has 0 aliphatic carbocycles. The smallest absolute Gasteiger partial charge is 0.239 e. The van der Waals surface area contributed by atoms with Crippen LogP contribution in [-0.4, -0.2) is 60.5 Å². The Kier molecular flexibility index (Phi) is 7.61. The summed E-state index contributed by atoms with van der Waals surface area (Å²) in [7, 11) is 4.94. The van der Waals surface area contributed by atoms with Gasteiger partial charge in [-0.3, -0.25) is 9.79 Å². The quantitative estimate of drug-likeness (QED) is 0.418. The Morgan fingerprint density at radius 2 is 2.07 bits per heavy atom. The van der Waals surface area contributed by atoms with Crippen molar-refractivity contribution in [2.45, 2.75) is 38.6 Å². The van der Waals surface area contributed by atoms with Crippen LogP contribution >= 0.6 is 0 Å². The van der Waals surface area contributed by atoms with Crippen LogP contribution in [0.3, 0.4) is 0 Å². The van der Waals surface area contributed by atoms with Crippen molar-refractivity contribution >= 4 is 11.9 Å². The Balaban J connectivity index is 1.42. The summed E-state index contributed by atoms with van der Waals surface area (Å²) >= 11 is 0. The van der Waals surface area contributed by atoms with E-state index in [4.69, 9.17) is 9.47 Å². The lowest BCUT2D eigenvalue weighted by molar-refractivity contribution is -0.120. The zero-order valence-corrected chi connectivity index (χ0v) is 17.6. The molecule has 30 heavy (non-hydrogen) atoms. The molecule has 1 aromatic heterocycles. The van der Waals surface area contributed by atoms with Crippen LogP contribution in [0.5, 0.6) is 5.75 Å². The predicted octanol–water partition coefficient (Wildman–Crippen LogP) is 0.229. The van der Waals surface area contributed by atoms with E-state index in [1.54, 1.807) is 21.3 Å². The lowest BCUT2D eigenvalue weighted by Gasteiger charge is -2.25. The molecule has 10 nitrogen and oxygen atoms in total. The van der Waals surface area contributed by atoms with E-state index in [2.05, 4.69) is 31.0 Å². The minimum absolute atomic E-state index is 0.111. The fourth-order valence-corrected chi connectivity index (χ4v) is 3.23. The molecule has 0 fully saturated rings. The molecule has 0 spiro atoms. The van der Waals surface area contributed by atoms with Gasteiger partial charge in [0.15, 0.2) is 11.8 Å². The van der Waals surface area contributed by atoms with Gasteiger partial charge in [-0.2, -0.15) is 5.10 Å².